The van der Waals surface area contributed by atoms with Crippen molar-refractivity contribution >= 4 is 0 Å². The fourth-order valence-electron chi connectivity index (χ4n) is 1.54. The molecule has 0 aliphatic heterocycles. The molecule has 0 saturated heterocycles. The Morgan fingerprint density at radius 3 is 2.38 bits per heavy atom. The van der Waals surface area contributed by atoms with Gasteiger partial charge in [-0.1, -0.05) is 12.8 Å². The molecule has 0 aromatic rings. The van der Waals surface area contributed by atoms with E-state index in [0.717, 1.165) is 12.3 Å². The van der Waals surface area contributed by atoms with Gasteiger partial charge in [-0.2, -0.15) is 0 Å². The Morgan fingerprint density at radius 1 is 1.38 bits per heavy atom. The van der Waals surface area contributed by atoms with Gasteiger partial charge in [0.05, 0.1) is 6.04 Å². The van der Waals surface area contributed by atoms with Crippen molar-refractivity contribution in [2.75, 3.05) is 14.2 Å². The number of hydrazine groups is 1. The molecule has 0 aromatic heterocycles. The summed E-state index contributed by atoms with van der Waals surface area (Å²) in [5.41, 5.74) is 2.74. The van der Waals surface area contributed by atoms with Crippen molar-refractivity contribution in [1.82, 2.24) is 5.43 Å². The smallest absolute Gasteiger partial charge is 0.173 e. The third-order valence-corrected chi connectivity index (χ3v) is 2.59. The van der Waals surface area contributed by atoms with Gasteiger partial charge in [0, 0.05) is 14.2 Å². The van der Waals surface area contributed by atoms with Gasteiger partial charge in [-0.15, -0.1) is 0 Å². The zero-order valence-corrected chi connectivity index (χ0v) is 8.45. The fourth-order valence-corrected chi connectivity index (χ4v) is 1.54. The van der Waals surface area contributed by atoms with Crippen LogP contribution in [0.5, 0.6) is 0 Å². The van der Waals surface area contributed by atoms with E-state index < -0.39 is 0 Å². The maximum Gasteiger partial charge on any atom is 0.173 e. The molecular formula is C9H20N2O2. The Hall–Kier alpha value is -0.160. The molecule has 0 bridgehead atoms. The highest BCUT2D eigenvalue weighted by molar-refractivity contribution is 4.77. The molecule has 0 spiro atoms. The summed E-state index contributed by atoms with van der Waals surface area (Å²) in [6, 6.07) is 0.107. The first-order valence-electron chi connectivity index (χ1n) is 4.83. The van der Waals surface area contributed by atoms with Crippen LogP contribution < -0.4 is 11.3 Å². The lowest BCUT2D eigenvalue weighted by Gasteiger charge is -2.23. The first kappa shape index (κ1) is 10.9. The summed E-state index contributed by atoms with van der Waals surface area (Å²) < 4.78 is 10.3. The molecule has 4 heteroatoms. The van der Waals surface area contributed by atoms with Gasteiger partial charge in [0.1, 0.15) is 0 Å². The molecule has 1 rings (SSSR count). The Morgan fingerprint density at radius 2 is 2.00 bits per heavy atom. The molecule has 0 heterocycles. The van der Waals surface area contributed by atoms with E-state index >= 15 is 0 Å². The van der Waals surface area contributed by atoms with E-state index in [2.05, 4.69) is 5.43 Å². The van der Waals surface area contributed by atoms with Gasteiger partial charge < -0.3 is 9.47 Å². The summed E-state index contributed by atoms with van der Waals surface area (Å²) in [5.74, 6) is 6.34. The van der Waals surface area contributed by atoms with Gasteiger partial charge in [-0.05, 0) is 18.8 Å². The predicted molar refractivity (Wildman–Crippen MR) is 50.9 cm³/mol. The Bertz CT molecular complexity index is 136. The van der Waals surface area contributed by atoms with Crippen LogP contribution in [-0.2, 0) is 9.47 Å². The maximum absolute atomic E-state index is 5.42. The second kappa shape index (κ2) is 5.54. The predicted octanol–water partition coefficient (Wildman–Crippen LogP) is 0.627. The van der Waals surface area contributed by atoms with Crippen LogP contribution in [0.1, 0.15) is 25.7 Å². The Balaban J connectivity index is 2.21. The molecular weight excluding hydrogens is 168 g/mol. The average Bonchev–Trinajstić information content (AvgIpc) is 2.96. The van der Waals surface area contributed by atoms with Crippen LogP contribution in [0.4, 0.5) is 0 Å². The SMILES string of the molecule is COC(OC)C(CCC1CC1)NN. The van der Waals surface area contributed by atoms with Crippen LogP contribution >= 0.6 is 0 Å². The molecule has 0 amide bonds. The van der Waals surface area contributed by atoms with Crippen molar-refractivity contribution in [3.05, 3.63) is 0 Å². The number of nitrogens with one attached hydrogen (secondary N) is 1. The molecule has 0 aromatic carbocycles. The minimum absolute atomic E-state index is 0.107. The van der Waals surface area contributed by atoms with Crippen LogP contribution in [0.25, 0.3) is 0 Å². The third-order valence-electron chi connectivity index (χ3n) is 2.59. The van der Waals surface area contributed by atoms with Gasteiger partial charge in [0.15, 0.2) is 6.29 Å². The van der Waals surface area contributed by atoms with E-state index in [9.17, 15) is 0 Å². The first-order valence-corrected chi connectivity index (χ1v) is 4.83. The lowest BCUT2D eigenvalue weighted by molar-refractivity contribution is -0.124. The zero-order chi connectivity index (χ0) is 9.68. The number of hydrogen-bond acceptors (Lipinski definition) is 4. The second-order valence-corrected chi connectivity index (χ2v) is 3.63. The molecule has 1 fully saturated rings. The van der Waals surface area contributed by atoms with Crippen LogP contribution in [0.3, 0.4) is 0 Å². The van der Waals surface area contributed by atoms with Gasteiger partial charge in [-0.25, -0.2) is 0 Å². The Labute approximate surface area is 79.7 Å². The lowest BCUT2D eigenvalue weighted by Crippen LogP contribution is -2.45. The van der Waals surface area contributed by atoms with Crippen LogP contribution in [0.15, 0.2) is 0 Å². The summed E-state index contributed by atoms with van der Waals surface area (Å²) in [4.78, 5) is 0. The summed E-state index contributed by atoms with van der Waals surface area (Å²) >= 11 is 0. The highest BCUT2D eigenvalue weighted by Crippen LogP contribution is 2.34. The molecule has 1 aliphatic carbocycles. The van der Waals surface area contributed by atoms with Crippen molar-refractivity contribution in [1.29, 1.82) is 0 Å². The summed E-state index contributed by atoms with van der Waals surface area (Å²) in [6.07, 6.45) is 4.76. The number of hydrogen-bond donors (Lipinski definition) is 2. The zero-order valence-electron chi connectivity index (χ0n) is 8.45. The van der Waals surface area contributed by atoms with E-state index in [4.69, 9.17) is 15.3 Å². The highest BCUT2D eigenvalue weighted by Gasteiger charge is 2.25. The second-order valence-electron chi connectivity index (χ2n) is 3.63. The molecule has 1 aliphatic rings. The number of rotatable bonds is 7. The van der Waals surface area contributed by atoms with Crippen LogP contribution in [0, 0.1) is 5.92 Å². The minimum atomic E-state index is -0.233. The van der Waals surface area contributed by atoms with Crippen molar-refractivity contribution in [2.24, 2.45) is 11.8 Å². The Kier molecular flexibility index (Phi) is 4.66. The molecule has 13 heavy (non-hydrogen) atoms. The van der Waals surface area contributed by atoms with E-state index in [1.165, 1.54) is 19.3 Å². The standard InChI is InChI=1S/C9H20N2O2/c1-12-9(13-2)8(11-10)6-5-7-3-4-7/h7-9,11H,3-6,10H2,1-2H3. The van der Waals surface area contributed by atoms with Gasteiger partial charge in [-0.3, -0.25) is 11.3 Å². The number of methoxy groups -OCH3 is 2. The minimum Gasteiger partial charge on any atom is -0.354 e. The van der Waals surface area contributed by atoms with Crippen molar-refractivity contribution in [3.8, 4) is 0 Å². The molecule has 4 nitrogen and oxygen atoms in total. The number of ether oxygens (including phenoxy) is 2. The van der Waals surface area contributed by atoms with E-state index in [-0.39, 0.29) is 12.3 Å². The topological polar surface area (TPSA) is 56.5 Å². The van der Waals surface area contributed by atoms with Crippen molar-refractivity contribution < 1.29 is 9.47 Å². The molecule has 1 unspecified atom stereocenters. The highest BCUT2D eigenvalue weighted by atomic mass is 16.7. The molecule has 0 radical (unpaired) electrons. The van der Waals surface area contributed by atoms with Crippen LogP contribution in [-0.4, -0.2) is 26.6 Å². The van der Waals surface area contributed by atoms with Gasteiger partial charge in [0.2, 0.25) is 0 Å². The van der Waals surface area contributed by atoms with E-state index in [0.29, 0.717) is 0 Å². The maximum atomic E-state index is 5.42. The lowest BCUT2D eigenvalue weighted by atomic mass is 10.1. The summed E-state index contributed by atoms with van der Waals surface area (Å²) in [7, 11) is 3.27. The van der Waals surface area contributed by atoms with Crippen molar-refractivity contribution in [2.45, 2.75) is 38.0 Å². The van der Waals surface area contributed by atoms with Gasteiger partial charge in [0.25, 0.3) is 0 Å². The summed E-state index contributed by atoms with van der Waals surface area (Å²) in [5, 5.41) is 0. The molecule has 1 atom stereocenters. The summed E-state index contributed by atoms with van der Waals surface area (Å²) in [6.45, 7) is 0. The fraction of sp³-hybridized carbons (Fsp3) is 1.00. The average molecular weight is 188 g/mol. The quantitative estimate of drug-likeness (QED) is 0.349. The van der Waals surface area contributed by atoms with Crippen molar-refractivity contribution in [3.63, 3.8) is 0 Å². The normalized spacial score (nSPS) is 19.4. The van der Waals surface area contributed by atoms with Crippen LogP contribution in [0.2, 0.25) is 0 Å². The molecule has 78 valence electrons. The third kappa shape index (κ3) is 3.60. The molecule has 3 N–H and O–H groups in total. The van der Waals surface area contributed by atoms with E-state index in [1.807, 2.05) is 0 Å². The first-order chi connectivity index (χ1) is 6.31. The number of nitrogens with two attached hydrogens (primary N) is 1. The monoisotopic (exact) mass is 188 g/mol. The van der Waals surface area contributed by atoms with Gasteiger partial charge >= 0.3 is 0 Å². The van der Waals surface area contributed by atoms with E-state index in [1.54, 1.807) is 14.2 Å². The largest absolute Gasteiger partial charge is 0.354 e. The molecule has 1 saturated carbocycles.